The van der Waals surface area contributed by atoms with Crippen LogP contribution in [-0.4, -0.2) is 24.2 Å². The van der Waals surface area contributed by atoms with Crippen molar-refractivity contribution in [2.75, 3.05) is 5.43 Å². The summed E-state index contributed by atoms with van der Waals surface area (Å²) in [5.74, 6) is 0. The lowest BCUT2D eigenvalue weighted by Gasteiger charge is -2.01. The molecule has 0 aliphatic rings. The van der Waals surface area contributed by atoms with Crippen LogP contribution >= 0.6 is 0 Å². The molecule has 6 nitrogen and oxygen atoms in total. The zero-order valence-corrected chi connectivity index (χ0v) is 10.6. The van der Waals surface area contributed by atoms with Crippen molar-refractivity contribution in [1.29, 1.82) is 0 Å². The molecule has 0 aliphatic heterocycles. The molecule has 0 radical (unpaired) electrons. The summed E-state index contributed by atoms with van der Waals surface area (Å²) in [5, 5.41) is 3.99. The van der Waals surface area contributed by atoms with E-state index in [-0.39, 0.29) is 4.90 Å². The molecule has 2 rings (SSSR count). The molecule has 2 N–H and O–H groups in total. The summed E-state index contributed by atoms with van der Waals surface area (Å²) < 4.78 is 30.5. The first-order valence-corrected chi connectivity index (χ1v) is 6.76. The van der Waals surface area contributed by atoms with Gasteiger partial charge in [-0.15, -0.1) is 0 Å². The van der Waals surface area contributed by atoms with Crippen LogP contribution in [-0.2, 0) is 10.1 Å². The summed E-state index contributed by atoms with van der Waals surface area (Å²) in [6, 6.07) is 9.19. The summed E-state index contributed by atoms with van der Waals surface area (Å²) in [4.78, 5) is 3.73. The Bertz CT molecular complexity index is 667. The Hall–Kier alpha value is -2.25. The second kappa shape index (κ2) is 5.59. The maximum Gasteiger partial charge on any atom is 0.294 e. The van der Waals surface area contributed by atoms with E-state index in [1.54, 1.807) is 30.7 Å². The molecule has 2 aromatic rings. The fraction of sp³-hybridized carbons (Fsp3) is 0. The van der Waals surface area contributed by atoms with Gasteiger partial charge in [-0.25, -0.2) is 0 Å². The zero-order chi connectivity index (χ0) is 13.7. The predicted molar refractivity (Wildman–Crippen MR) is 71.7 cm³/mol. The van der Waals surface area contributed by atoms with E-state index in [1.165, 1.54) is 24.3 Å². The van der Waals surface area contributed by atoms with E-state index in [1.807, 2.05) is 0 Å². The third-order valence-electron chi connectivity index (χ3n) is 2.27. The van der Waals surface area contributed by atoms with Crippen molar-refractivity contribution in [3.63, 3.8) is 0 Å². The van der Waals surface area contributed by atoms with Gasteiger partial charge in [-0.05, 0) is 42.0 Å². The number of nitrogens with one attached hydrogen (secondary N) is 1. The third-order valence-corrected chi connectivity index (χ3v) is 3.13. The Labute approximate surface area is 110 Å². The molecule has 0 bridgehead atoms. The Morgan fingerprint density at radius 3 is 2.32 bits per heavy atom. The highest BCUT2D eigenvalue weighted by molar-refractivity contribution is 7.85. The van der Waals surface area contributed by atoms with Gasteiger partial charge in [0.15, 0.2) is 0 Å². The van der Waals surface area contributed by atoms with Crippen molar-refractivity contribution in [1.82, 2.24) is 4.98 Å². The first-order valence-electron chi connectivity index (χ1n) is 5.32. The summed E-state index contributed by atoms with van der Waals surface area (Å²) in [7, 11) is -4.16. The highest BCUT2D eigenvalue weighted by atomic mass is 32.2. The van der Waals surface area contributed by atoms with Gasteiger partial charge >= 0.3 is 0 Å². The smallest absolute Gasteiger partial charge is 0.282 e. The zero-order valence-electron chi connectivity index (χ0n) is 9.76. The predicted octanol–water partition coefficient (Wildman–Crippen LogP) is 1.77. The number of pyridine rings is 1. The van der Waals surface area contributed by atoms with E-state index in [0.717, 1.165) is 5.56 Å². The first-order chi connectivity index (χ1) is 9.05. The molecule has 1 aromatic carbocycles. The molecule has 0 atom stereocenters. The number of anilines is 1. The Morgan fingerprint density at radius 1 is 1.11 bits per heavy atom. The van der Waals surface area contributed by atoms with E-state index in [9.17, 15) is 8.42 Å². The van der Waals surface area contributed by atoms with Crippen molar-refractivity contribution in [2.24, 2.45) is 5.10 Å². The molecule has 0 spiro atoms. The van der Waals surface area contributed by atoms with Crippen LogP contribution in [0.3, 0.4) is 0 Å². The van der Waals surface area contributed by atoms with Crippen LogP contribution < -0.4 is 5.43 Å². The molecule has 0 amide bonds. The van der Waals surface area contributed by atoms with Crippen LogP contribution in [0.25, 0.3) is 0 Å². The lowest BCUT2D eigenvalue weighted by Crippen LogP contribution is -1.98. The van der Waals surface area contributed by atoms with Gasteiger partial charge in [0, 0.05) is 12.4 Å². The molecule has 19 heavy (non-hydrogen) atoms. The fourth-order valence-electron chi connectivity index (χ4n) is 1.33. The highest BCUT2D eigenvalue weighted by Crippen LogP contribution is 2.13. The standard InChI is InChI=1S/C12H11N3O3S/c16-19(17,18)12-3-1-11(2-4-12)15-14-9-10-5-7-13-8-6-10/h1-9,15H,(H,16,17,18)/b14-9-. The quantitative estimate of drug-likeness (QED) is 0.505. The van der Waals surface area contributed by atoms with Gasteiger partial charge in [-0.3, -0.25) is 15.0 Å². The lowest BCUT2D eigenvalue weighted by molar-refractivity contribution is 0.483. The minimum atomic E-state index is -4.16. The molecule has 0 saturated heterocycles. The monoisotopic (exact) mass is 277 g/mol. The number of hydrogen-bond acceptors (Lipinski definition) is 5. The van der Waals surface area contributed by atoms with Crippen molar-refractivity contribution >= 4 is 22.0 Å². The molecule has 0 unspecified atom stereocenters. The Balaban J connectivity index is 2.03. The molecule has 1 heterocycles. The summed E-state index contributed by atoms with van der Waals surface area (Å²) >= 11 is 0. The fourth-order valence-corrected chi connectivity index (χ4v) is 1.81. The van der Waals surface area contributed by atoms with E-state index >= 15 is 0 Å². The van der Waals surface area contributed by atoms with Crippen molar-refractivity contribution in [3.05, 3.63) is 54.4 Å². The lowest BCUT2D eigenvalue weighted by atomic mass is 10.3. The number of benzene rings is 1. The number of nitrogens with zero attached hydrogens (tertiary/aromatic N) is 2. The van der Waals surface area contributed by atoms with Crippen LogP contribution in [0.4, 0.5) is 5.69 Å². The normalized spacial score (nSPS) is 11.6. The molecule has 1 aromatic heterocycles. The van der Waals surface area contributed by atoms with Gasteiger partial charge in [-0.1, -0.05) is 0 Å². The van der Waals surface area contributed by atoms with Gasteiger partial charge < -0.3 is 0 Å². The number of aromatic nitrogens is 1. The van der Waals surface area contributed by atoms with Gasteiger partial charge in [0.1, 0.15) is 0 Å². The summed E-state index contributed by atoms with van der Waals surface area (Å²) in [5.41, 5.74) is 4.24. The van der Waals surface area contributed by atoms with Crippen LogP contribution in [0.15, 0.2) is 58.8 Å². The highest BCUT2D eigenvalue weighted by Gasteiger charge is 2.07. The van der Waals surface area contributed by atoms with Gasteiger partial charge in [-0.2, -0.15) is 13.5 Å². The van der Waals surface area contributed by atoms with Crippen LogP contribution in [0.1, 0.15) is 5.56 Å². The van der Waals surface area contributed by atoms with Crippen molar-refractivity contribution in [3.8, 4) is 0 Å². The van der Waals surface area contributed by atoms with E-state index < -0.39 is 10.1 Å². The topological polar surface area (TPSA) is 91.7 Å². The van der Waals surface area contributed by atoms with Crippen LogP contribution in [0, 0.1) is 0 Å². The summed E-state index contributed by atoms with van der Waals surface area (Å²) in [6.07, 6.45) is 4.92. The number of hydrazone groups is 1. The van der Waals surface area contributed by atoms with Gasteiger partial charge in [0.2, 0.25) is 0 Å². The molecular weight excluding hydrogens is 266 g/mol. The van der Waals surface area contributed by atoms with Crippen LogP contribution in [0.5, 0.6) is 0 Å². The molecular formula is C12H11N3O3S. The van der Waals surface area contributed by atoms with Gasteiger partial charge in [0.25, 0.3) is 10.1 Å². The van der Waals surface area contributed by atoms with Gasteiger partial charge in [0.05, 0.1) is 16.8 Å². The second-order valence-electron chi connectivity index (χ2n) is 3.65. The maximum atomic E-state index is 10.8. The maximum absolute atomic E-state index is 10.8. The molecule has 0 aliphatic carbocycles. The second-order valence-corrected chi connectivity index (χ2v) is 5.07. The molecule has 98 valence electrons. The largest absolute Gasteiger partial charge is 0.294 e. The van der Waals surface area contributed by atoms with E-state index in [2.05, 4.69) is 15.5 Å². The van der Waals surface area contributed by atoms with Crippen molar-refractivity contribution < 1.29 is 13.0 Å². The number of rotatable bonds is 4. The Morgan fingerprint density at radius 2 is 1.74 bits per heavy atom. The molecule has 7 heteroatoms. The minimum absolute atomic E-state index is 0.156. The number of hydrogen-bond donors (Lipinski definition) is 2. The van der Waals surface area contributed by atoms with Crippen LogP contribution in [0.2, 0.25) is 0 Å². The molecule has 0 fully saturated rings. The Kier molecular flexibility index (Phi) is 3.88. The SMILES string of the molecule is O=S(=O)(O)c1ccc(N/N=C\c2ccncc2)cc1. The van der Waals surface area contributed by atoms with E-state index in [4.69, 9.17) is 4.55 Å². The summed E-state index contributed by atoms with van der Waals surface area (Å²) in [6.45, 7) is 0. The molecule has 0 saturated carbocycles. The first kappa shape index (κ1) is 13.2. The van der Waals surface area contributed by atoms with Crippen molar-refractivity contribution in [2.45, 2.75) is 4.90 Å². The third kappa shape index (κ3) is 3.87. The average Bonchev–Trinajstić information content (AvgIpc) is 2.39. The average molecular weight is 277 g/mol. The van der Waals surface area contributed by atoms with E-state index in [0.29, 0.717) is 5.69 Å². The minimum Gasteiger partial charge on any atom is -0.282 e.